The summed E-state index contributed by atoms with van der Waals surface area (Å²) in [7, 11) is 0. The van der Waals surface area contributed by atoms with Gasteiger partial charge in [-0.1, -0.05) is 55.8 Å². The lowest BCUT2D eigenvalue weighted by Crippen LogP contribution is -2.39. The molecule has 4 aromatic rings. The molecule has 1 aliphatic heterocycles. The maximum atomic E-state index is 14.2. The van der Waals surface area contributed by atoms with Crippen molar-refractivity contribution in [3.05, 3.63) is 87.6 Å². The van der Waals surface area contributed by atoms with Crippen LogP contribution in [0.1, 0.15) is 73.9 Å². The molecule has 1 spiro atoms. The number of hydrogen-bond donors (Lipinski definition) is 0. The van der Waals surface area contributed by atoms with Crippen LogP contribution >= 0.6 is 0 Å². The summed E-state index contributed by atoms with van der Waals surface area (Å²) in [4.78, 5) is 30.6. The molecule has 2 fully saturated rings. The first-order valence-electron chi connectivity index (χ1n) is 13.7. The van der Waals surface area contributed by atoms with Crippen LogP contribution < -0.4 is 5.56 Å². The molecule has 6 rings (SSSR count). The molecule has 3 heterocycles. The zero-order valence-corrected chi connectivity index (χ0v) is 22.1. The van der Waals surface area contributed by atoms with E-state index in [9.17, 15) is 14.9 Å². The first-order chi connectivity index (χ1) is 19.0. The molecule has 8 nitrogen and oxygen atoms in total. The highest BCUT2D eigenvalue weighted by Gasteiger charge is 2.43. The second kappa shape index (κ2) is 10.2. The van der Waals surface area contributed by atoms with Crippen LogP contribution in [0.2, 0.25) is 0 Å². The van der Waals surface area contributed by atoms with E-state index in [-0.39, 0.29) is 29.6 Å². The number of Topliss-reactive ketones (excluding diaryl/α,β-unsaturated/α-hetero) is 1. The summed E-state index contributed by atoms with van der Waals surface area (Å²) in [6, 6.07) is 18.0. The molecule has 1 saturated carbocycles. The standard InChI is InChI=1S/C31H31N5O3/c1-2-6-28-27(16-21-9-10-26(23(15-21)18-32)22-7-4-3-5-8-22)29(38)35(30-33-20-34-36(28)30)24-11-13-31(14-12-24)17-25(37)19-39-31/h3-5,7-10,15,20,24H,2,6,11-14,16-17,19H2,1H3. The molecule has 0 radical (unpaired) electrons. The molecule has 1 aliphatic carbocycles. The second-order valence-corrected chi connectivity index (χ2v) is 10.8. The number of aromatic nitrogens is 4. The number of nitrogens with zero attached hydrogens (tertiary/aromatic N) is 5. The summed E-state index contributed by atoms with van der Waals surface area (Å²) in [6.07, 6.45) is 6.92. The van der Waals surface area contributed by atoms with E-state index in [4.69, 9.17) is 4.74 Å². The predicted octanol–water partition coefficient (Wildman–Crippen LogP) is 4.82. The fourth-order valence-corrected chi connectivity index (χ4v) is 6.35. The minimum Gasteiger partial charge on any atom is -0.367 e. The fraction of sp³-hybridized carbons (Fsp3) is 0.387. The largest absolute Gasteiger partial charge is 0.367 e. The van der Waals surface area contributed by atoms with Gasteiger partial charge in [0.15, 0.2) is 5.78 Å². The maximum Gasteiger partial charge on any atom is 0.259 e. The van der Waals surface area contributed by atoms with E-state index in [1.54, 1.807) is 0 Å². The molecule has 0 N–H and O–H groups in total. The molecule has 0 atom stereocenters. The lowest BCUT2D eigenvalue weighted by atomic mass is 9.80. The van der Waals surface area contributed by atoms with Crippen LogP contribution in [0.5, 0.6) is 0 Å². The third-order valence-electron chi connectivity index (χ3n) is 8.27. The van der Waals surface area contributed by atoms with Gasteiger partial charge >= 0.3 is 0 Å². The first kappa shape index (κ1) is 25.2. The summed E-state index contributed by atoms with van der Waals surface area (Å²) in [5.41, 5.74) is 4.50. The van der Waals surface area contributed by atoms with E-state index in [0.29, 0.717) is 36.2 Å². The minimum absolute atomic E-state index is 0.0429. The zero-order valence-electron chi connectivity index (χ0n) is 22.1. The van der Waals surface area contributed by atoms with E-state index >= 15 is 0 Å². The summed E-state index contributed by atoms with van der Waals surface area (Å²) in [5, 5.41) is 14.5. The number of aryl methyl sites for hydroxylation is 1. The minimum atomic E-state index is -0.375. The van der Waals surface area contributed by atoms with Gasteiger partial charge in [-0.05, 0) is 54.9 Å². The molecule has 0 unspecified atom stereocenters. The number of rotatable bonds is 6. The van der Waals surface area contributed by atoms with Gasteiger partial charge in [0.25, 0.3) is 5.56 Å². The number of nitriles is 1. The van der Waals surface area contributed by atoms with Crippen molar-refractivity contribution >= 4 is 11.6 Å². The molecular formula is C31H31N5O3. The first-order valence-corrected chi connectivity index (χ1v) is 13.7. The van der Waals surface area contributed by atoms with Crippen molar-refractivity contribution < 1.29 is 9.53 Å². The van der Waals surface area contributed by atoms with Crippen LogP contribution in [-0.4, -0.2) is 37.2 Å². The van der Waals surface area contributed by atoms with Crippen molar-refractivity contribution in [3.8, 4) is 17.2 Å². The summed E-state index contributed by atoms with van der Waals surface area (Å²) in [6.45, 7) is 2.28. The third kappa shape index (κ3) is 4.57. The highest BCUT2D eigenvalue weighted by molar-refractivity contribution is 5.82. The number of carbonyl (C=O) groups is 1. The van der Waals surface area contributed by atoms with Crippen molar-refractivity contribution in [1.29, 1.82) is 5.26 Å². The van der Waals surface area contributed by atoms with Crippen LogP contribution in [-0.2, 0) is 22.4 Å². The van der Waals surface area contributed by atoms with Crippen molar-refractivity contribution in [3.63, 3.8) is 0 Å². The van der Waals surface area contributed by atoms with E-state index in [1.807, 2.05) is 57.6 Å². The average molecular weight is 522 g/mol. The Kier molecular flexibility index (Phi) is 6.61. The highest BCUT2D eigenvalue weighted by atomic mass is 16.5. The Morgan fingerprint density at radius 1 is 1.13 bits per heavy atom. The number of ketones is 1. The SMILES string of the molecule is CCCc1c(Cc2ccc(-c3ccccc3)c(C#N)c2)c(=O)n(C2CCC3(CC2)CC(=O)CO3)c2ncnn12. The van der Waals surface area contributed by atoms with Gasteiger partial charge in [-0.15, -0.1) is 0 Å². The van der Waals surface area contributed by atoms with Crippen molar-refractivity contribution in [2.45, 2.75) is 69.9 Å². The van der Waals surface area contributed by atoms with Gasteiger partial charge < -0.3 is 4.74 Å². The van der Waals surface area contributed by atoms with Gasteiger partial charge in [-0.25, -0.2) is 4.52 Å². The molecule has 2 aromatic carbocycles. The number of ether oxygens (including phenoxy) is 1. The number of carbonyl (C=O) groups excluding carboxylic acids is 1. The van der Waals surface area contributed by atoms with Crippen molar-refractivity contribution in [2.75, 3.05) is 6.61 Å². The Hall–Kier alpha value is -4.09. The quantitative estimate of drug-likeness (QED) is 0.361. The molecule has 8 heteroatoms. The van der Waals surface area contributed by atoms with Crippen LogP contribution in [0.3, 0.4) is 0 Å². The monoisotopic (exact) mass is 521 g/mol. The molecule has 198 valence electrons. The van der Waals surface area contributed by atoms with Crippen molar-refractivity contribution in [1.82, 2.24) is 19.2 Å². The third-order valence-corrected chi connectivity index (χ3v) is 8.27. The Balaban J connectivity index is 1.39. The Morgan fingerprint density at radius 2 is 1.92 bits per heavy atom. The smallest absolute Gasteiger partial charge is 0.259 e. The predicted molar refractivity (Wildman–Crippen MR) is 146 cm³/mol. The van der Waals surface area contributed by atoms with Gasteiger partial charge in [-0.2, -0.15) is 15.3 Å². The second-order valence-electron chi connectivity index (χ2n) is 10.8. The van der Waals surface area contributed by atoms with Gasteiger partial charge in [0.1, 0.15) is 12.9 Å². The Morgan fingerprint density at radius 3 is 2.62 bits per heavy atom. The van der Waals surface area contributed by atoms with Gasteiger partial charge in [0, 0.05) is 24.4 Å². The van der Waals surface area contributed by atoms with E-state index in [0.717, 1.165) is 54.5 Å². The lowest BCUT2D eigenvalue weighted by Gasteiger charge is -2.36. The molecule has 0 amide bonds. The molecule has 2 aromatic heterocycles. The molecular weight excluding hydrogens is 490 g/mol. The maximum absolute atomic E-state index is 14.2. The molecule has 39 heavy (non-hydrogen) atoms. The topological polar surface area (TPSA) is 102 Å². The van der Waals surface area contributed by atoms with Crippen LogP contribution in [0, 0.1) is 11.3 Å². The summed E-state index contributed by atoms with van der Waals surface area (Å²) in [5.74, 6) is 0.723. The Labute approximate surface area is 226 Å². The number of hydrogen-bond acceptors (Lipinski definition) is 6. The zero-order chi connectivity index (χ0) is 27.0. The van der Waals surface area contributed by atoms with Gasteiger partial charge in [-0.3, -0.25) is 14.2 Å². The van der Waals surface area contributed by atoms with E-state index in [2.05, 4.69) is 23.1 Å². The molecule has 2 aliphatic rings. The summed E-state index contributed by atoms with van der Waals surface area (Å²) >= 11 is 0. The molecule has 0 bridgehead atoms. The lowest BCUT2D eigenvalue weighted by molar-refractivity contribution is -0.117. The molecule has 1 saturated heterocycles. The van der Waals surface area contributed by atoms with E-state index in [1.165, 1.54) is 6.33 Å². The van der Waals surface area contributed by atoms with Crippen LogP contribution in [0.25, 0.3) is 16.9 Å². The number of fused-ring (bicyclic) bond motifs is 1. The number of benzene rings is 2. The Bertz CT molecular complexity index is 1640. The normalized spacial score (nSPS) is 21.0. The van der Waals surface area contributed by atoms with E-state index < -0.39 is 0 Å². The van der Waals surface area contributed by atoms with Crippen LogP contribution in [0.15, 0.2) is 59.7 Å². The highest BCUT2D eigenvalue weighted by Crippen LogP contribution is 2.42. The van der Waals surface area contributed by atoms with Gasteiger partial charge in [0.2, 0.25) is 5.78 Å². The van der Waals surface area contributed by atoms with Crippen LogP contribution in [0.4, 0.5) is 0 Å². The summed E-state index contributed by atoms with van der Waals surface area (Å²) < 4.78 is 9.54. The average Bonchev–Trinajstić information content (AvgIpc) is 3.59. The van der Waals surface area contributed by atoms with Gasteiger partial charge in [0.05, 0.1) is 22.9 Å². The van der Waals surface area contributed by atoms with Crippen molar-refractivity contribution in [2.24, 2.45) is 0 Å². The fourth-order valence-electron chi connectivity index (χ4n) is 6.35.